The second-order valence-electron chi connectivity index (χ2n) is 12.9. The zero-order chi connectivity index (χ0) is 31.2. The van der Waals surface area contributed by atoms with Crippen molar-refractivity contribution in [3.63, 3.8) is 0 Å². The third kappa shape index (κ3) is 5.66. The largest absolute Gasteiger partial charge is 0.383 e. The van der Waals surface area contributed by atoms with E-state index in [-0.39, 0.29) is 11.3 Å². The Morgan fingerprint density at radius 2 is 1.98 bits per heavy atom. The number of aryl methyl sites for hydroxylation is 1. The van der Waals surface area contributed by atoms with Gasteiger partial charge in [-0.15, -0.1) is 5.10 Å². The summed E-state index contributed by atoms with van der Waals surface area (Å²) < 4.78 is 15.8. The van der Waals surface area contributed by atoms with E-state index in [4.69, 9.17) is 11.6 Å². The summed E-state index contributed by atoms with van der Waals surface area (Å²) in [6, 6.07) is 8.28. The molecule has 1 saturated carbocycles. The molecule has 0 radical (unpaired) electrons. The average molecular weight is 616 g/mol. The van der Waals surface area contributed by atoms with Crippen LogP contribution in [-0.2, 0) is 10.3 Å². The van der Waals surface area contributed by atoms with Crippen LogP contribution in [0.4, 0.5) is 15.8 Å². The van der Waals surface area contributed by atoms with Gasteiger partial charge in [0.25, 0.3) is 5.91 Å². The molecule has 1 saturated heterocycles. The molecular formula is C32H35ClFN9O. The van der Waals surface area contributed by atoms with E-state index in [9.17, 15) is 14.4 Å². The van der Waals surface area contributed by atoms with E-state index in [1.165, 1.54) is 12.3 Å². The fraction of sp³-hybridized carbons (Fsp3) is 0.438. The number of carbonyl (C=O) groups excluding carboxylic acids is 1. The summed E-state index contributed by atoms with van der Waals surface area (Å²) in [6.07, 6.45) is 6.77. The number of carbonyl (C=O) groups is 1. The summed E-state index contributed by atoms with van der Waals surface area (Å²) in [4.78, 5) is 23.9. The summed E-state index contributed by atoms with van der Waals surface area (Å²) in [5, 5.41) is 26.8. The van der Waals surface area contributed by atoms with Gasteiger partial charge < -0.3 is 15.5 Å². The molecule has 4 aromatic rings. The minimum absolute atomic E-state index is 0.0406. The molecule has 1 atom stereocenters. The Kier molecular flexibility index (Phi) is 7.66. The molecule has 1 amide bonds. The first-order chi connectivity index (χ1) is 21.0. The molecule has 0 unspecified atom stereocenters. The monoisotopic (exact) mass is 615 g/mol. The van der Waals surface area contributed by atoms with Crippen molar-refractivity contribution < 1.29 is 9.18 Å². The fourth-order valence-corrected chi connectivity index (χ4v) is 6.06. The molecule has 1 aliphatic heterocycles. The SMILES string of the molecule is Cc1nc(F)ccc1[C@H](Nc1cc(Cl)c2ncc(C#N)c(NCC(C)(C)C)c2c1)c1cn(C2(C(=O)N3CCCC3)CC2)nn1. The van der Waals surface area contributed by atoms with Crippen LogP contribution in [0.15, 0.2) is 36.7 Å². The lowest BCUT2D eigenvalue weighted by molar-refractivity contribution is -0.135. The van der Waals surface area contributed by atoms with Gasteiger partial charge in [-0.05, 0) is 56.2 Å². The number of pyridine rings is 2. The summed E-state index contributed by atoms with van der Waals surface area (Å²) >= 11 is 6.77. The lowest BCUT2D eigenvalue weighted by Gasteiger charge is -2.23. The Hall–Kier alpha value is -4.30. The van der Waals surface area contributed by atoms with E-state index in [2.05, 4.69) is 57.8 Å². The summed E-state index contributed by atoms with van der Waals surface area (Å²) in [6.45, 7) is 10.2. The number of benzene rings is 1. The second kappa shape index (κ2) is 11.3. The van der Waals surface area contributed by atoms with Gasteiger partial charge in [0, 0.05) is 48.2 Å². The van der Waals surface area contributed by atoms with E-state index >= 15 is 0 Å². The first-order valence-corrected chi connectivity index (χ1v) is 15.2. The van der Waals surface area contributed by atoms with Crippen molar-refractivity contribution in [1.82, 2.24) is 29.9 Å². The van der Waals surface area contributed by atoms with Crippen LogP contribution in [0.25, 0.3) is 10.9 Å². The molecule has 2 N–H and O–H groups in total. The minimum Gasteiger partial charge on any atom is -0.383 e. The zero-order valence-electron chi connectivity index (χ0n) is 25.3. The summed E-state index contributed by atoms with van der Waals surface area (Å²) in [5.41, 5.74) is 3.23. The van der Waals surface area contributed by atoms with E-state index < -0.39 is 17.5 Å². The molecule has 1 aromatic carbocycles. The number of anilines is 2. The Morgan fingerprint density at radius 1 is 1.23 bits per heavy atom. The van der Waals surface area contributed by atoms with Gasteiger partial charge >= 0.3 is 0 Å². The number of nitriles is 1. The number of hydrogen-bond acceptors (Lipinski definition) is 8. The molecule has 4 heterocycles. The zero-order valence-corrected chi connectivity index (χ0v) is 26.0. The van der Waals surface area contributed by atoms with E-state index in [1.807, 2.05) is 11.0 Å². The van der Waals surface area contributed by atoms with E-state index in [0.717, 1.165) is 25.9 Å². The molecule has 2 fully saturated rings. The number of hydrogen-bond donors (Lipinski definition) is 2. The summed E-state index contributed by atoms with van der Waals surface area (Å²) in [7, 11) is 0. The number of fused-ring (bicyclic) bond motifs is 1. The van der Waals surface area contributed by atoms with Gasteiger partial charge in [0.2, 0.25) is 5.95 Å². The maximum Gasteiger partial charge on any atom is 0.250 e. The highest BCUT2D eigenvalue weighted by atomic mass is 35.5. The highest BCUT2D eigenvalue weighted by molar-refractivity contribution is 6.35. The highest BCUT2D eigenvalue weighted by Crippen LogP contribution is 2.46. The van der Waals surface area contributed by atoms with Gasteiger partial charge in [0.1, 0.15) is 17.3 Å². The number of nitrogens with one attached hydrogen (secondary N) is 2. The van der Waals surface area contributed by atoms with E-state index in [1.54, 1.807) is 29.9 Å². The molecule has 12 heteroatoms. The molecule has 0 spiro atoms. The standard InChI is InChI=1S/C32H35ClFN9O/c1-19-22(7-8-26(34)38-19)29(25-17-43(41-40-25)32(9-10-32)30(44)42-11-5-6-12-42)39-21-13-23-27(37-18-31(2,3)4)20(15-35)16-36-28(23)24(33)14-21/h7-8,13-14,16-17,29,39H,5-6,9-12,18H2,1-4H3,(H,36,37)/t29-/m0/s1. The van der Waals surface area contributed by atoms with Gasteiger partial charge in [0.15, 0.2) is 0 Å². The molecule has 6 rings (SSSR count). The van der Waals surface area contributed by atoms with Gasteiger partial charge in [-0.2, -0.15) is 9.65 Å². The molecular weight excluding hydrogens is 581 g/mol. The first-order valence-electron chi connectivity index (χ1n) is 14.9. The maximum absolute atomic E-state index is 14.1. The number of amides is 1. The average Bonchev–Trinajstić information content (AvgIpc) is 3.35. The van der Waals surface area contributed by atoms with Crippen LogP contribution < -0.4 is 10.6 Å². The van der Waals surface area contributed by atoms with Crippen LogP contribution >= 0.6 is 11.6 Å². The van der Waals surface area contributed by atoms with Crippen molar-refractivity contribution in [2.45, 2.75) is 65.0 Å². The van der Waals surface area contributed by atoms with Gasteiger partial charge in [-0.1, -0.05) is 43.7 Å². The minimum atomic E-state index is -0.713. The van der Waals surface area contributed by atoms with Crippen LogP contribution in [0.2, 0.25) is 5.02 Å². The molecule has 3 aromatic heterocycles. The van der Waals surface area contributed by atoms with Crippen molar-refractivity contribution in [2.75, 3.05) is 30.3 Å². The summed E-state index contributed by atoms with van der Waals surface area (Å²) in [5.74, 6) is -0.492. The number of likely N-dealkylation sites (tertiary alicyclic amines) is 1. The van der Waals surface area contributed by atoms with Crippen molar-refractivity contribution in [3.05, 3.63) is 70.1 Å². The van der Waals surface area contributed by atoms with Gasteiger partial charge in [0.05, 0.1) is 34.0 Å². The van der Waals surface area contributed by atoms with Crippen molar-refractivity contribution in [1.29, 1.82) is 5.26 Å². The smallest absolute Gasteiger partial charge is 0.250 e. The Bertz CT molecular complexity index is 1780. The lowest BCUT2D eigenvalue weighted by Crippen LogP contribution is -2.41. The van der Waals surface area contributed by atoms with Crippen LogP contribution in [0, 0.1) is 29.6 Å². The fourth-order valence-electron chi connectivity index (χ4n) is 5.79. The molecule has 10 nitrogen and oxygen atoms in total. The number of halogens is 2. The normalized spacial score (nSPS) is 16.5. The van der Waals surface area contributed by atoms with Crippen molar-refractivity contribution in [2.24, 2.45) is 5.41 Å². The number of nitrogens with zero attached hydrogens (tertiary/aromatic N) is 7. The molecule has 228 valence electrons. The third-order valence-corrected chi connectivity index (χ3v) is 8.60. The number of rotatable bonds is 8. The van der Waals surface area contributed by atoms with Crippen LogP contribution in [0.1, 0.15) is 75.0 Å². The molecule has 2 aliphatic rings. The molecule has 44 heavy (non-hydrogen) atoms. The van der Waals surface area contributed by atoms with Crippen molar-refractivity contribution in [3.8, 4) is 6.07 Å². The third-order valence-electron chi connectivity index (χ3n) is 8.32. The predicted octanol–water partition coefficient (Wildman–Crippen LogP) is 5.96. The topological polar surface area (TPSA) is 125 Å². The van der Waals surface area contributed by atoms with Crippen LogP contribution in [-0.4, -0.2) is 55.4 Å². The van der Waals surface area contributed by atoms with Gasteiger partial charge in [-0.25, -0.2) is 9.67 Å². The Morgan fingerprint density at radius 3 is 2.64 bits per heavy atom. The predicted molar refractivity (Wildman–Crippen MR) is 167 cm³/mol. The molecule has 1 aliphatic carbocycles. The maximum atomic E-state index is 14.1. The highest BCUT2D eigenvalue weighted by Gasteiger charge is 2.55. The first kappa shape index (κ1) is 29.8. The lowest BCUT2D eigenvalue weighted by atomic mass is 9.96. The van der Waals surface area contributed by atoms with Crippen LogP contribution in [0.5, 0.6) is 0 Å². The van der Waals surface area contributed by atoms with Crippen LogP contribution in [0.3, 0.4) is 0 Å². The quantitative estimate of drug-likeness (QED) is 0.233. The molecule has 0 bridgehead atoms. The Balaban J connectivity index is 1.41. The second-order valence-corrected chi connectivity index (χ2v) is 13.3. The van der Waals surface area contributed by atoms with E-state index in [0.29, 0.717) is 69.2 Å². The van der Waals surface area contributed by atoms with Gasteiger partial charge in [-0.3, -0.25) is 9.78 Å². The van der Waals surface area contributed by atoms with Crippen molar-refractivity contribution >= 4 is 39.8 Å². The Labute approximate surface area is 260 Å². The number of aromatic nitrogens is 5.